The normalized spacial score (nSPS) is 10.8. The van der Waals surface area contributed by atoms with Crippen LogP contribution in [0.5, 0.6) is 0 Å². The van der Waals surface area contributed by atoms with E-state index in [1.54, 1.807) is 0 Å². The van der Waals surface area contributed by atoms with Crippen LogP contribution < -0.4 is 5.73 Å². The van der Waals surface area contributed by atoms with Gasteiger partial charge in [-0.1, -0.05) is 0 Å². The van der Waals surface area contributed by atoms with Gasteiger partial charge in [0.25, 0.3) is 6.43 Å². The molecule has 0 amide bonds. The third-order valence-corrected chi connectivity index (χ3v) is 1.37. The molecule has 0 aromatic heterocycles. The van der Waals surface area contributed by atoms with E-state index in [9.17, 15) is 17.6 Å². The highest BCUT2D eigenvalue weighted by molar-refractivity contribution is 5.43. The zero-order valence-corrected chi connectivity index (χ0v) is 5.82. The minimum absolute atomic E-state index is 0.480. The number of rotatable bonds is 1. The van der Waals surface area contributed by atoms with Crippen LogP contribution in [-0.4, -0.2) is 0 Å². The molecule has 1 aromatic carbocycles. The Morgan fingerprint density at radius 1 is 1.17 bits per heavy atom. The fourth-order valence-electron chi connectivity index (χ4n) is 0.786. The Morgan fingerprint density at radius 2 is 1.75 bits per heavy atom. The Kier molecular flexibility index (Phi) is 2.21. The molecule has 0 radical (unpaired) electrons. The molecule has 0 aliphatic carbocycles. The summed E-state index contributed by atoms with van der Waals surface area (Å²) in [5, 5.41) is 0. The monoisotopic (exact) mass is 179 g/mol. The van der Waals surface area contributed by atoms with E-state index >= 15 is 0 Å². The molecular formula is C7H5F4N. The molecule has 0 aliphatic heterocycles. The molecule has 66 valence electrons. The lowest BCUT2D eigenvalue weighted by molar-refractivity contribution is 0.141. The molecule has 0 fully saturated rings. The van der Waals surface area contributed by atoms with Crippen molar-refractivity contribution in [2.45, 2.75) is 6.43 Å². The molecular weight excluding hydrogens is 174 g/mol. The van der Waals surface area contributed by atoms with Gasteiger partial charge in [0.1, 0.15) is 5.82 Å². The first-order valence-corrected chi connectivity index (χ1v) is 3.05. The van der Waals surface area contributed by atoms with Crippen molar-refractivity contribution in [1.82, 2.24) is 0 Å². The molecule has 5 heteroatoms. The number of alkyl halides is 2. The molecule has 0 saturated heterocycles. The number of hydrogen-bond acceptors (Lipinski definition) is 1. The van der Waals surface area contributed by atoms with Gasteiger partial charge in [-0.2, -0.15) is 0 Å². The largest absolute Gasteiger partial charge is 0.396 e. The molecule has 0 heterocycles. The maximum atomic E-state index is 12.7. The predicted molar refractivity (Wildman–Crippen MR) is 35.7 cm³/mol. The van der Waals surface area contributed by atoms with Gasteiger partial charge in [0.2, 0.25) is 0 Å². The van der Waals surface area contributed by atoms with Crippen molar-refractivity contribution in [2.24, 2.45) is 0 Å². The minimum atomic E-state index is -3.19. The van der Waals surface area contributed by atoms with Gasteiger partial charge >= 0.3 is 0 Å². The van der Waals surface area contributed by atoms with Gasteiger partial charge in [0.05, 0.1) is 11.3 Å². The zero-order valence-electron chi connectivity index (χ0n) is 5.82. The summed E-state index contributed by atoms with van der Waals surface area (Å²) in [7, 11) is 0. The molecule has 1 nitrogen and oxygen atoms in total. The van der Waals surface area contributed by atoms with E-state index in [0.717, 1.165) is 6.07 Å². The molecule has 0 unspecified atom stereocenters. The number of hydrogen-bond donors (Lipinski definition) is 1. The van der Waals surface area contributed by atoms with Crippen molar-refractivity contribution in [3.05, 3.63) is 29.3 Å². The third-order valence-electron chi connectivity index (χ3n) is 1.37. The van der Waals surface area contributed by atoms with E-state index < -0.39 is 29.3 Å². The van der Waals surface area contributed by atoms with Gasteiger partial charge in [-0.25, -0.2) is 17.6 Å². The van der Waals surface area contributed by atoms with E-state index in [4.69, 9.17) is 5.73 Å². The lowest BCUT2D eigenvalue weighted by atomic mass is 10.2. The molecule has 0 spiro atoms. The SMILES string of the molecule is Nc1ccc(F)c(C(F)F)c1F. The van der Waals surface area contributed by atoms with Crippen LogP contribution in [0.15, 0.2) is 12.1 Å². The van der Waals surface area contributed by atoms with Crippen LogP contribution in [-0.2, 0) is 0 Å². The van der Waals surface area contributed by atoms with Crippen molar-refractivity contribution in [3.8, 4) is 0 Å². The smallest absolute Gasteiger partial charge is 0.269 e. The average molecular weight is 179 g/mol. The van der Waals surface area contributed by atoms with Crippen LogP contribution in [0.4, 0.5) is 23.2 Å². The van der Waals surface area contributed by atoms with Crippen LogP contribution >= 0.6 is 0 Å². The molecule has 0 atom stereocenters. The standard InChI is InChI=1S/C7H5F4N/c8-3-1-2-4(12)6(9)5(3)7(10)11/h1-2,7H,12H2. The summed E-state index contributed by atoms with van der Waals surface area (Å²) in [5.74, 6) is -2.67. The van der Waals surface area contributed by atoms with Crippen LogP contribution in [0, 0.1) is 11.6 Å². The van der Waals surface area contributed by atoms with Gasteiger partial charge in [-0.15, -0.1) is 0 Å². The molecule has 0 aliphatic rings. The molecule has 1 rings (SSSR count). The Morgan fingerprint density at radius 3 is 2.17 bits per heavy atom. The van der Waals surface area contributed by atoms with E-state index in [1.165, 1.54) is 0 Å². The van der Waals surface area contributed by atoms with E-state index in [1.807, 2.05) is 0 Å². The summed E-state index contributed by atoms with van der Waals surface area (Å²) in [6, 6.07) is 1.61. The predicted octanol–water partition coefficient (Wildman–Crippen LogP) is 2.48. The van der Waals surface area contributed by atoms with Crippen molar-refractivity contribution in [2.75, 3.05) is 5.73 Å². The van der Waals surface area contributed by atoms with E-state index in [-0.39, 0.29) is 0 Å². The molecule has 1 aromatic rings. The maximum Gasteiger partial charge on any atom is 0.269 e. The highest BCUT2D eigenvalue weighted by Gasteiger charge is 2.20. The number of anilines is 1. The first-order valence-electron chi connectivity index (χ1n) is 3.05. The number of nitrogens with two attached hydrogens (primary N) is 1. The summed E-state index contributed by atoms with van der Waals surface area (Å²) in [4.78, 5) is 0. The van der Waals surface area contributed by atoms with Gasteiger partial charge < -0.3 is 5.73 Å². The lowest BCUT2D eigenvalue weighted by Crippen LogP contribution is -2.00. The van der Waals surface area contributed by atoms with E-state index in [0.29, 0.717) is 6.07 Å². The van der Waals surface area contributed by atoms with Crippen LogP contribution in [0.3, 0.4) is 0 Å². The Labute approximate surface area is 65.8 Å². The number of nitrogen functional groups attached to an aromatic ring is 1. The summed E-state index contributed by atoms with van der Waals surface area (Å²) < 4.78 is 49.0. The second-order valence-electron chi connectivity index (χ2n) is 2.16. The van der Waals surface area contributed by atoms with Crippen LogP contribution in [0.2, 0.25) is 0 Å². The summed E-state index contributed by atoms with van der Waals surface area (Å²) in [5.41, 5.74) is 3.20. The first kappa shape index (κ1) is 8.83. The Bertz CT molecular complexity index is 298. The molecule has 0 bridgehead atoms. The second kappa shape index (κ2) is 3.00. The average Bonchev–Trinajstić information content (AvgIpc) is 1.97. The van der Waals surface area contributed by atoms with Gasteiger partial charge in [0, 0.05) is 0 Å². The topological polar surface area (TPSA) is 26.0 Å². The molecule has 2 N–H and O–H groups in total. The summed E-state index contributed by atoms with van der Waals surface area (Å²) >= 11 is 0. The fourth-order valence-corrected chi connectivity index (χ4v) is 0.786. The molecule has 0 saturated carbocycles. The van der Waals surface area contributed by atoms with Crippen molar-refractivity contribution in [1.29, 1.82) is 0 Å². The first-order chi connectivity index (χ1) is 5.54. The summed E-state index contributed by atoms with van der Waals surface area (Å²) in [6.07, 6.45) is -3.19. The third kappa shape index (κ3) is 1.34. The van der Waals surface area contributed by atoms with Gasteiger partial charge in [-0.05, 0) is 12.1 Å². The Hall–Kier alpha value is -1.26. The quantitative estimate of drug-likeness (QED) is 0.520. The van der Waals surface area contributed by atoms with Crippen LogP contribution in [0.25, 0.3) is 0 Å². The highest BCUT2D eigenvalue weighted by atomic mass is 19.3. The number of benzene rings is 1. The summed E-state index contributed by atoms with van der Waals surface area (Å²) in [6.45, 7) is 0. The van der Waals surface area contributed by atoms with Gasteiger partial charge in [0.15, 0.2) is 5.82 Å². The highest BCUT2D eigenvalue weighted by Crippen LogP contribution is 2.27. The van der Waals surface area contributed by atoms with Crippen molar-refractivity contribution in [3.63, 3.8) is 0 Å². The minimum Gasteiger partial charge on any atom is -0.396 e. The molecule has 12 heavy (non-hydrogen) atoms. The van der Waals surface area contributed by atoms with Crippen LogP contribution in [0.1, 0.15) is 12.0 Å². The maximum absolute atomic E-state index is 12.7. The van der Waals surface area contributed by atoms with E-state index in [2.05, 4.69) is 0 Å². The number of halogens is 4. The fraction of sp³-hybridized carbons (Fsp3) is 0.143. The lowest BCUT2D eigenvalue weighted by Gasteiger charge is -2.04. The van der Waals surface area contributed by atoms with Gasteiger partial charge in [-0.3, -0.25) is 0 Å². The van der Waals surface area contributed by atoms with Crippen molar-refractivity contribution < 1.29 is 17.6 Å². The Balaban J connectivity index is 3.33. The van der Waals surface area contributed by atoms with Crippen molar-refractivity contribution >= 4 is 5.69 Å². The zero-order chi connectivity index (χ0) is 9.30. The second-order valence-corrected chi connectivity index (χ2v) is 2.16.